The van der Waals surface area contributed by atoms with Gasteiger partial charge in [-0.15, -0.1) is 0 Å². The Labute approximate surface area is 135 Å². The molecular formula is C17H22O6. The van der Waals surface area contributed by atoms with Crippen LogP contribution in [0.2, 0.25) is 0 Å². The summed E-state index contributed by atoms with van der Waals surface area (Å²) in [7, 11) is 0. The maximum atomic E-state index is 11.7. The molecule has 2 spiro atoms. The van der Waals surface area contributed by atoms with Crippen molar-refractivity contribution in [2.75, 3.05) is 6.61 Å². The monoisotopic (exact) mass is 322 g/mol. The summed E-state index contributed by atoms with van der Waals surface area (Å²) in [5.41, 5.74) is -0.653. The molecule has 6 heteroatoms. The van der Waals surface area contributed by atoms with E-state index in [1.165, 1.54) is 12.2 Å². The van der Waals surface area contributed by atoms with Crippen LogP contribution in [-0.4, -0.2) is 47.1 Å². The fourth-order valence-corrected chi connectivity index (χ4v) is 3.53. The highest BCUT2D eigenvalue weighted by Gasteiger charge is 2.52. The van der Waals surface area contributed by atoms with E-state index in [0.717, 1.165) is 0 Å². The molecule has 3 aliphatic rings. The molecular weight excluding hydrogens is 300 g/mol. The molecule has 2 heterocycles. The topological polar surface area (TPSA) is 82.1 Å². The van der Waals surface area contributed by atoms with E-state index in [1.54, 1.807) is 19.1 Å². The Morgan fingerprint density at radius 2 is 2.13 bits per heavy atom. The predicted octanol–water partition coefficient (Wildman–Crippen LogP) is 1.42. The standard InChI is InChI=1S/C17H22O6/c1-2-21-15(20)10-14-9-13(19)11-17(22-14)8-7-16(23-17)5-3-12(18)4-6-16/h3-6,13-14,19H,2,7-11H2,1H3/t13?,14?,17-/m0/s1. The Bertz CT molecular complexity index is 535. The van der Waals surface area contributed by atoms with Gasteiger partial charge in [-0.25, -0.2) is 0 Å². The summed E-state index contributed by atoms with van der Waals surface area (Å²) in [5, 5.41) is 10.2. The van der Waals surface area contributed by atoms with Crippen molar-refractivity contribution in [3.63, 3.8) is 0 Å². The van der Waals surface area contributed by atoms with Crippen molar-refractivity contribution in [1.82, 2.24) is 0 Å². The minimum Gasteiger partial charge on any atom is -0.466 e. The zero-order valence-electron chi connectivity index (χ0n) is 13.2. The second-order valence-corrected chi connectivity index (χ2v) is 6.38. The van der Waals surface area contributed by atoms with Crippen LogP contribution in [0.1, 0.15) is 39.0 Å². The number of aliphatic hydroxyl groups excluding tert-OH is 1. The van der Waals surface area contributed by atoms with Crippen LogP contribution >= 0.6 is 0 Å². The van der Waals surface area contributed by atoms with Crippen LogP contribution in [0.3, 0.4) is 0 Å². The van der Waals surface area contributed by atoms with Crippen molar-refractivity contribution in [3.8, 4) is 0 Å². The molecule has 2 unspecified atom stereocenters. The number of esters is 1. The summed E-state index contributed by atoms with van der Waals surface area (Å²) in [6, 6.07) is 0. The van der Waals surface area contributed by atoms with Crippen LogP contribution in [0, 0.1) is 0 Å². The van der Waals surface area contributed by atoms with Gasteiger partial charge in [0.05, 0.1) is 25.2 Å². The van der Waals surface area contributed by atoms with Gasteiger partial charge in [0.25, 0.3) is 0 Å². The molecule has 0 radical (unpaired) electrons. The van der Waals surface area contributed by atoms with E-state index in [9.17, 15) is 14.7 Å². The van der Waals surface area contributed by atoms with Crippen molar-refractivity contribution in [3.05, 3.63) is 24.3 Å². The second-order valence-electron chi connectivity index (χ2n) is 6.38. The van der Waals surface area contributed by atoms with Crippen molar-refractivity contribution >= 4 is 11.8 Å². The lowest BCUT2D eigenvalue weighted by molar-refractivity contribution is -0.291. The number of aliphatic hydroxyl groups is 1. The summed E-state index contributed by atoms with van der Waals surface area (Å²) < 4.78 is 17.1. The van der Waals surface area contributed by atoms with Gasteiger partial charge in [-0.2, -0.15) is 0 Å². The molecule has 3 atom stereocenters. The third-order valence-corrected chi connectivity index (χ3v) is 4.49. The van der Waals surface area contributed by atoms with Gasteiger partial charge >= 0.3 is 5.97 Å². The van der Waals surface area contributed by atoms with Gasteiger partial charge in [-0.3, -0.25) is 9.59 Å². The lowest BCUT2D eigenvalue weighted by Crippen LogP contribution is -2.48. The number of ether oxygens (including phenoxy) is 3. The predicted molar refractivity (Wildman–Crippen MR) is 80.4 cm³/mol. The van der Waals surface area contributed by atoms with E-state index in [4.69, 9.17) is 14.2 Å². The van der Waals surface area contributed by atoms with Crippen LogP contribution < -0.4 is 0 Å². The van der Waals surface area contributed by atoms with Gasteiger partial charge in [-0.05, 0) is 37.6 Å². The minimum absolute atomic E-state index is 0.0649. The lowest BCUT2D eigenvalue weighted by atomic mass is 9.92. The summed E-state index contributed by atoms with van der Waals surface area (Å²) in [6.45, 7) is 2.07. The Kier molecular flexibility index (Phi) is 4.40. The maximum absolute atomic E-state index is 11.7. The summed E-state index contributed by atoms with van der Waals surface area (Å²) in [6.07, 6.45) is 7.60. The summed E-state index contributed by atoms with van der Waals surface area (Å²) >= 11 is 0. The van der Waals surface area contributed by atoms with Gasteiger partial charge in [0.15, 0.2) is 11.6 Å². The number of ketones is 1. The number of carbonyl (C=O) groups excluding carboxylic acids is 2. The van der Waals surface area contributed by atoms with Crippen LogP contribution in [0.4, 0.5) is 0 Å². The molecule has 2 saturated heterocycles. The van der Waals surface area contributed by atoms with Gasteiger partial charge < -0.3 is 19.3 Å². The quantitative estimate of drug-likeness (QED) is 0.791. The van der Waals surface area contributed by atoms with Crippen LogP contribution in [0.25, 0.3) is 0 Å². The third-order valence-electron chi connectivity index (χ3n) is 4.49. The summed E-state index contributed by atoms with van der Waals surface area (Å²) in [4.78, 5) is 23.0. The van der Waals surface area contributed by atoms with E-state index < -0.39 is 23.6 Å². The zero-order valence-corrected chi connectivity index (χ0v) is 13.2. The van der Waals surface area contributed by atoms with E-state index in [0.29, 0.717) is 32.3 Å². The number of hydrogen-bond donors (Lipinski definition) is 1. The van der Waals surface area contributed by atoms with Crippen LogP contribution in [-0.2, 0) is 23.8 Å². The first-order chi connectivity index (χ1) is 10.9. The highest BCUT2D eigenvalue weighted by Crippen LogP contribution is 2.47. The summed E-state index contributed by atoms with van der Waals surface area (Å²) in [5.74, 6) is -1.31. The average Bonchev–Trinajstić information content (AvgIpc) is 2.80. The molecule has 126 valence electrons. The molecule has 2 aliphatic heterocycles. The minimum atomic E-state index is -0.913. The third kappa shape index (κ3) is 3.54. The molecule has 0 amide bonds. The first-order valence-electron chi connectivity index (χ1n) is 8.08. The number of allylic oxidation sites excluding steroid dienone is 2. The normalized spacial score (nSPS) is 35.1. The van der Waals surface area contributed by atoms with Gasteiger partial charge in [0.1, 0.15) is 5.60 Å². The number of carbonyl (C=O) groups is 2. The Hall–Kier alpha value is -1.50. The highest BCUT2D eigenvalue weighted by molar-refractivity contribution is 6.00. The van der Waals surface area contributed by atoms with Crippen molar-refractivity contribution in [2.45, 2.75) is 62.6 Å². The molecule has 1 aliphatic carbocycles. The molecule has 0 bridgehead atoms. The fourth-order valence-electron chi connectivity index (χ4n) is 3.53. The molecule has 0 aromatic carbocycles. The lowest BCUT2D eigenvalue weighted by Gasteiger charge is -2.41. The van der Waals surface area contributed by atoms with Gasteiger partial charge in [-0.1, -0.05) is 0 Å². The smallest absolute Gasteiger partial charge is 0.308 e. The van der Waals surface area contributed by atoms with Crippen LogP contribution in [0.5, 0.6) is 0 Å². The molecule has 0 aromatic heterocycles. The van der Waals surface area contributed by atoms with Gasteiger partial charge in [0, 0.05) is 19.3 Å². The van der Waals surface area contributed by atoms with E-state index >= 15 is 0 Å². The largest absolute Gasteiger partial charge is 0.466 e. The van der Waals surface area contributed by atoms with Crippen molar-refractivity contribution in [1.29, 1.82) is 0 Å². The average molecular weight is 322 g/mol. The molecule has 6 nitrogen and oxygen atoms in total. The van der Waals surface area contributed by atoms with E-state index in [2.05, 4.69) is 0 Å². The number of rotatable bonds is 3. The molecule has 0 aromatic rings. The molecule has 23 heavy (non-hydrogen) atoms. The number of hydrogen-bond acceptors (Lipinski definition) is 6. The van der Waals surface area contributed by atoms with Gasteiger partial charge in [0.2, 0.25) is 0 Å². The zero-order chi connectivity index (χ0) is 16.5. The van der Waals surface area contributed by atoms with E-state index in [1.807, 2.05) is 0 Å². The van der Waals surface area contributed by atoms with Crippen molar-refractivity contribution < 1.29 is 28.9 Å². The SMILES string of the molecule is CCOC(=O)CC1CC(O)C[C@@]2(CCC3(C=CC(=O)C=C3)O2)O1. The Morgan fingerprint density at radius 1 is 1.39 bits per heavy atom. The van der Waals surface area contributed by atoms with Crippen LogP contribution in [0.15, 0.2) is 24.3 Å². The van der Waals surface area contributed by atoms with E-state index in [-0.39, 0.29) is 18.2 Å². The maximum Gasteiger partial charge on any atom is 0.308 e. The molecule has 2 fully saturated rings. The van der Waals surface area contributed by atoms with Crippen molar-refractivity contribution in [2.24, 2.45) is 0 Å². The molecule has 1 N–H and O–H groups in total. The highest BCUT2D eigenvalue weighted by atomic mass is 16.7. The fraction of sp³-hybridized carbons (Fsp3) is 0.647. The Balaban J connectivity index is 1.70. The first-order valence-corrected chi connectivity index (χ1v) is 8.08. The Morgan fingerprint density at radius 3 is 2.83 bits per heavy atom. The first kappa shape index (κ1) is 16.4. The second kappa shape index (κ2) is 6.19. The molecule has 3 rings (SSSR count). The molecule has 0 saturated carbocycles.